The predicted molar refractivity (Wildman–Crippen MR) is 127 cm³/mol. The first kappa shape index (κ1) is 23.9. The Morgan fingerprint density at radius 1 is 0.906 bits per heavy atom. The Kier molecular flexibility index (Phi) is 9.19. The molecule has 1 heterocycles. The van der Waals surface area contributed by atoms with Gasteiger partial charge in [-0.15, -0.1) is 0 Å². The molecule has 8 heteroatoms. The molecule has 3 rings (SSSR count). The highest BCUT2D eigenvalue weighted by molar-refractivity contribution is 5.92. The van der Waals surface area contributed by atoms with Crippen molar-refractivity contribution in [2.75, 3.05) is 30.3 Å². The third-order valence-corrected chi connectivity index (χ3v) is 6.32. The lowest BCUT2D eigenvalue weighted by molar-refractivity contribution is -0.126. The Bertz CT molecular complexity index is 753. The van der Waals surface area contributed by atoms with E-state index >= 15 is 0 Å². The van der Waals surface area contributed by atoms with Gasteiger partial charge in [0.2, 0.25) is 5.91 Å². The molecule has 0 aromatic heterocycles. The number of nitrogens with one attached hydrogen (secondary N) is 4. The molecule has 2 fully saturated rings. The summed E-state index contributed by atoms with van der Waals surface area (Å²) in [7, 11) is 0. The zero-order valence-electron chi connectivity index (χ0n) is 19.1. The molecule has 0 spiro atoms. The van der Waals surface area contributed by atoms with Gasteiger partial charge in [-0.2, -0.15) is 0 Å². The lowest BCUT2D eigenvalue weighted by atomic mass is 9.96. The molecular formula is C24H37N5O3. The molecule has 2 aliphatic rings. The highest BCUT2D eigenvalue weighted by Crippen LogP contribution is 2.20. The number of nitrogens with zero attached hydrogens (tertiary/aromatic N) is 1. The van der Waals surface area contributed by atoms with E-state index in [0.717, 1.165) is 32.2 Å². The topological polar surface area (TPSA) is 103 Å². The SMILES string of the molecule is CCCCNC(=O)C1CCN(C(=O)Nc2ccc(NC(=O)NC3CCCCC3)cc2)CC1. The minimum absolute atomic E-state index is 0.0129. The molecule has 1 aromatic rings. The summed E-state index contributed by atoms with van der Waals surface area (Å²) in [6.45, 7) is 3.96. The second-order valence-electron chi connectivity index (χ2n) is 8.85. The monoisotopic (exact) mass is 443 g/mol. The van der Waals surface area contributed by atoms with Gasteiger partial charge in [0.15, 0.2) is 0 Å². The smallest absolute Gasteiger partial charge is 0.321 e. The zero-order valence-corrected chi connectivity index (χ0v) is 19.1. The van der Waals surface area contributed by atoms with E-state index in [1.165, 1.54) is 19.3 Å². The third kappa shape index (κ3) is 7.43. The van der Waals surface area contributed by atoms with Gasteiger partial charge in [-0.3, -0.25) is 4.79 Å². The summed E-state index contributed by atoms with van der Waals surface area (Å²) in [5.41, 5.74) is 1.36. The van der Waals surface area contributed by atoms with Crippen LogP contribution in [0.25, 0.3) is 0 Å². The molecule has 1 aliphatic carbocycles. The summed E-state index contributed by atoms with van der Waals surface area (Å²) in [5.74, 6) is 0.0927. The molecule has 0 unspecified atom stereocenters. The summed E-state index contributed by atoms with van der Waals surface area (Å²) in [5, 5.41) is 11.8. The van der Waals surface area contributed by atoms with Crippen LogP contribution in [0, 0.1) is 5.92 Å². The first-order valence-corrected chi connectivity index (χ1v) is 12.1. The molecule has 0 bridgehead atoms. The van der Waals surface area contributed by atoms with Gasteiger partial charge < -0.3 is 26.2 Å². The second kappa shape index (κ2) is 12.3. The van der Waals surface area contributed by atoms with Crippen molar-refractivity contribution in [1.82, 2.24) is 15.5 Å². The molecule has 0 atom stereocenters. The Labute approximate surface area is 190 Å². The number of hydrogen-bond donors (Lipinski definition) is 4. The summed E-state index contributed by atoms with van der Waals surface area (Å²) in [4.78, 5) is 38.7. The van der Waals surface area contributed by atoms with Gasteiger partial charge in [0.25, 0.3) is 0 Å². The molecule has 8 nitrogen and oxygen atoms in total. The van der Waals surface area contributed by atoms with Gasteiger partial charge >= 0.3 is 12.1 Å². The molecule has 1 saturated heterocycles. The number of rotatable bonds is 7. The Morgan fingerprint density at radius 3 is 2.16 bits per heavy atom. The maximum absolute atomic E-state index is 12.6. The van der Waals surface area contributed by atoms with Crippen molar-refractivity contribution in [3.63, 3.8) is 0 Å². The molecule has 0 radical (unpaired) electrons. The zero-order chi connectivity index (χ0) is 22.8. The number of unbranched alkanes of at least 4 members (excludes halogenated alkanes) is 1. The Hall–Kier alpha value is -2.77. The summed E-state index contributed by atoms with van der Waals surface area (Å²) < 4.78 is 0. The normalized spacial score (nSPS) is 17.5. The summed E-state index contributed by atoms with van der Waals surface area (Å²) >= 11 is 0. The van der Waals surface area contributed by atoms with Crippen LogP contribution >= 0.6 is 0 Å². The first-order chi connectivity index (χ1) is 15.5. The van der Waals surface area contributed by atoms with Crippen LogP contribution in [0.1, 0.15) is 64.7 Å². The molecular weight excluding hydrogens is 406 g/mol. The van der Waals surface area contributed by atoms with Gasteiger partial charge in [-0.05, 0) is 56.4 Å². The third-order valence-electron chi connectivity index (χ3n) is 6.32. The van der Waals surface area contributed by atoms with Crippen molar-refractivity contribution in [3.8, 4) is 0 Å². The van der Waals surface area contributed by atoms with E-state index in [0.29, 0.717) is 37.3 Å². The van der Waals surface area contributed by atoms with Crippen molar-refractivity contribution < 1.29 is 14.4 Å². The highest BCUT2D eigenvalue weighted by Gasteiger charge is 2.27. The lowest BCUT2D eigenvalue weighted by Crippen LogP contribution is -2.44. The van der Waals surface area contributed by atoms with Gasteiger partial charge in [0.05, 0.1) is 0 Å². The number of hydrogen-bond acceptors (Lipinski definition) is 3. The lowest BCUT2D eigenvalue weighted by Gasteiger charge is -2.31. The van der Waals surface area contributed by atoms with E-state index in [2.05, 4.69) is 28.2 Å². The van der Waals surface area contributed by atoms with Crippen LogP contribution in [0.4, 0.5) is 21.0 Å². The maximum atomic E-state index is 12.6. The van der Waals surface area contributed by atoms with Gasteiger partial charge in [0.1, 0.15) is 0 Å². The van der Waals surface area contributed by atoms with Crippen molar-refractivity contribution >= 4 is 29.3 Å². The van der Waals surface area contributed by atoms with E-state index in [1.54, 1.807) is 29.2 Å². The Balaban J connectivity index is 1.39. The molecule has 32 heavy (non-hydrogen) atoms. The second-order valence-corrected chi connectivity index (χ2v) is 8.85. The quantitative estimate of drug-likeness (QED) is 0.472. The number of piperidine rings is 1. The van der Waals surface area contributed by atoms with Crippen LogP contribution in [0.3, 0.4) is 0 Å². The molecule has 1 aliphatic heterocycles. The average Bonchev–Trinajstić information content (AvgIpc) is 2.81. The van der Waals surface area contributed by atoms with Crippen molar-refractivity contribution in [3.05, 3.63) is 24.3 Å². The number of amides is 5. The van der Waals surface area contributed by atoms with Crippen LogP contribution in [0.2, 0.25) is 0 Å². The fourth-order valence-corrected chi connectivity index (χ4v) is 4.32. The number of carbonyl (C=O) groups excluding carboxylic acids is 3. The van der Waals surface area contributed by atoms with E-state index in [1.807, 2.05) is 0 Å². The fraction of sp³-hybridized carbons (Fsp3) is 0.625. The van der Waals surface area contributed by atoms with Crippen molar-refractivity contribution in [2.24, 2.45) is 5.92 Å². The van der Waals surface area contributed by atoms with E-state index in [9.17, 15) is 14.4 Å². The summed E-state index contributed by atoms with van der Waals surface area (Å²) in [6.07, 6.45) is 9.09. The van der Waals surface area contributed by atoms with Crippen LogP contribution in [-0.4, -0.2) is 48.5 Å². The van der Waals surface area contributed by atoms with Crippen molar-refractivity contribution in [1.29, 1.82) is 0 Å². The largest absolute Gasteiger partial charge is 0.356 e. The average molecular weight is 444 g/mol. The van der Waals surface area contributed by atoms with Crippen LogP contribution in [-0.2, 0) is 4.79 Å². The minimum Gasteiger partial charge on any atom is -0.356 e. The number of urea groups is 2. The van der Waals surface area contributed by atoms with Gasteiger partial charge in [0, 0.05) is 43.0 Å². The maximum Gasteiger partial charge on any atom is 0.321 e. The molecule has 1 saturated carbocycles. The number of likely N-dealkylation sites (tertiary alicyclic amines) is 1. The standard InChI is InChI=1S/C24H37N5O3/c1-2-3-15-25-22(30)18-13-16-29(17-14-18)24(32)28-21-11-9-20(10-12-21)27-23(31)26-19-7-5-4-6-8-19/h9-12,18-19H,2-8,13-17H2,1H3,(H,25,30)(H,28,32)(H2,26,27,31). The summed E-state index contributed by atoms with van der Waals surface area (Å²) in [6, 6.07) is 7.03. The predicted octanol–water partition coefficient (Wildman–Crippen LogP) is 4.30. The minimum atomic E-state index is -0.185. The molecule has 176 valence electrons. The number of carbonyl (C=O) groups is 3. The fourth-order valence-electron chi connectivity index (χ4n) is 4.32. The van der Waals surface area contributed by atoms with Crippen LogP contribution in [0.15, 0.2) is 24.3 Å². The van der Waals surface area contributed by atoms with Gasteiger partial charge in [-0.25, -0.2) is 9.59 Å². The molecule has 4 N–H and O–H groups in total. The molecule has 5 amide bonds. The van der Waals surface area contributed by atoms with Crippen LogP contribution < -0.4 is 21.3 Å². The van der Waals surface area contributed by atoms with E-state index in [-0.39, 0.29) is 29.9 Å². The highest BCUT2D eigenvalue weighted by atomic mass is 16.2. The van der Waals surface area contributed by atoms with Crippen LogP contribution in [0.5, 0.6) is 0 Å². The Morgan fingerprint density at radius 2 is 1.53 bits per heavy atom. The number of benzene rings is 1. The van der Waals surface area contributed by atoms with E-state index in [4.69, 9.17) is 0 Å². The van der Waals surface area contributed by atoms with E-state index < -0.39 is 0 Å². The number of anilines is 2. The van der Waals surface area contributed by atoms with Crippen molar-refractivity contribution in [2.45, 2.75) is 70.8 Å². The first-order valence-electron chi connectivity index (χ1n) is 12.1. The van der Waals surface area contributed by atoms with Gasteiger partial charge in [-0.1, -0.05) is 32.6 Å². The molecule has 1 aromatic carbocycles.